The van der Waals surface area contributed by atoms with Crippen LogP contribution in [-0.2, 0) is 23.2 Å². The number of nitrogens with zero attached hydrogens (tertiary/aromatic N) is 1. The molecular weight excluding hydrogens is 462 g/mol. The number of alkyl halides is 4. The molecular formula is C27H25F4NO3. The van der Waals surface area contributed by atoms with E-state index < -0.39 is 30.1 Å². The molecule has 1 aliphatic heterocycles. The first-order chi connectivity index (χ1) is 16.7. The van der Waals surface area contributed by atoms with Crippen molar-refractivity contribution in [3.63, 3.8) is 0 Å². The summed E-state index contributed by atoms with van der Waals surface area (Å²) in [6, 6.07) is 21.7. The molecule has 0 saturated carbocycles. The molecule has 0 spiro atoms. The number of hydrogen-bond donors (Lipinski definition) is 1. The quantitative estimate of drug-likeness (QED) is 0.476. The molecule has 0 fully saturated rings. The van der Waals surface area contributed by atoms with Gasteiger partial charge < -0.3 is 14.7 Å². The fourth-order valence-corrected chi connectivity index (χ4v) is 4.22. The van der Waals surface area contributed by atoms with Gasteiger partial charge >= 0.3 is 6.18 Å². The second-order valence-corrected chi connectivity index (χ2v) is 8.59. The highest BCUT2D eigenvalue weighted by Crippen LogP contribution is 2.41. The molecule has 2 atom stereocenters. The zero-order chi connectivity index (χ0) is 25.1. The van der Waals surface area contributed by atoms with Crippen LogP contribution in [0.25, 0.3) is 0 Å². The number of aryl methyl sites for hydroxylation is 1. The van der Waals surface area contributed by atoms with Gasteiger partial charge in [0.1, 0.15) is 18.5 Å². The van der Waals surface area contributed by atoms with Gasteiger partial charge in [0.2, 0.25) is 11.5 Å². The van der Waals surface area contributed by atoms with Crippen LogP contribution in [-0.4, -0.2) is 36.5 Å². The minimum absolute atomic E-state index is 0.0943. The average molecular weight is 487 g/mol. The molecule has 0 saturated heterocycles. The normalized spacial score (nSPS) is 17.7. The topological polar surface area (TPSA) is 49.8 Å². The Morgan fingerprint density at radius 1 is 1.00 bits per heavy atom. The number of amides is 1. The van der Waals surface area contributed by atoms with E-state index >= 15 is 0 Å². The Labute approximate surface area is 200 Å². The van der Waals surface area contributed by atoms with Crippen LogP contribution in [0, 0.1) is 0 Å². The largest absolute Gasteiger partial charge is 0.489 e. The molecule has 3 aromatic carbocycles. The van der Waals surface area contributed by atoms with Crippen molar-refractivity contribution in [3.05, 3.63) is 95.6 Å². The number of para-hydroxylation sites is 1. The van der Waals surface area contributed by atoms with Crippen LogP contribution in [0.4, 0.5) is 23.2 Å². The summed E-state index contributed by atoms with van der Waals surface area (Å²) in [6.45, 7) is -1.81. The van der Waals surface area contributed by atoms with Crippen LogP contribution in [0.5, 0.6) is 5.75 Å². The minimum atomic E-state index is -5.19. The lowest BCUT2D eigenvalue weighted by Gasteiger charge is -2.30. The molecule has 0 radical (unpaired) electrons. The molecule has 184 valence electrons. The highest BCUT2D eigenvalue weighted by molar-refractivity contribution is 5.95. The second-order valence-electron chi connectivity index (χ2n) is 8.59. The number of anilines is 1. The second kappa shape index (κ2) is 10.1. The van der Waals surface area contributed by atoms with Crippen LogP contribution >= 0.6 is 0 Å². The first-order valence-corrected chi connectivity index (χ1v) is 11.3. The van der Waals surface area contributed by atoms with Gasteiger partial charge in [0, 0.05) is 5.69 Å². The number of rotatable bonds is 6. The van der Waals surface area contributed by atoms with E-state index in [1.165, 1.54) is 11.0 Å². The third-order valence-electron chi connectivity index (χ3n) is 6.18. The summed E-state index contributed by atoms with van der Waals surface area (Å²) in [6.07, 6.45) is -4.81. The van der Waals surface area contributed by atoms with E-state index in [0.29, 0.717) is 23.4 Å². The number of benzene rings is 3. The number of halogens is 4. The average Bonchev–Trinajstić information content (AvgIpc) is 3.03. The van der Waals surface area contributed by atoms with E-state index in [2.05, 4.69) is 0 Å². The van der Waals surface area contributed by atoms with E-state index in [-0.39, 0.29) is 25.3 Å². The standard InChI is InChI=1S/C27H25F4NO3/c28-18-26(34,27(29,30)31)21-12-14-24-20(16-21)11-13-23(35-22-9-5-2-6-10-22)17-32(24)25(33)15-19-7-3-1-4-8-19/h1-10,12,14,16,23,34H,11,13,15,17-18H2/t23-,26?/m1/s1. The Kier molecular flexibility index (Phi) is 7.12. The van der Waals surface area contributed by atoms with E-state index in [0.717, 1.165) is 17.7 Å². The number of aliphatic hydroxyl groups is 1. The molecule has 0 bridgehead atoms. The predicted octanol–water partition coefficient (Wildman–Crippen LogP) is 5.38. The molecule has 1 unspecified atom stereocenters. The molecule has 1 aliphatic rings. The highest BCUT2D eigenvalue weighted by atomic mass is 19.4. The van der Waals surface area contributed by atoms with Crippen LogP contribution in [0.2, 0.25) is 0 Å². The van der Waals surface area contributed by atoms with Crippen molar-refractivity contribution in [2.45, 2.75) is 37.1 Å². The van der Waals surface area contributed by atoms with Gasteiger partial charge in [-0.1, -0.05) is 60.7 Å². The molecule has 0 aliphatic carbocycles. The monoisotopic (exact) mass is 487 g/mol. The van der Waals surface area contributed by atoms with E-state index in [9.17, 15) is 27.5 Å². The first kappa shape index (κ1) is 24.7. The third kappa shape index (κ3) is 5.32. The summed E-state index contributed by atoms with van der Waals surface area (Å²) in [5.74, 6) is 0.369. The molecule has 1 N–H and O–H groups in total. The lowest BCUT2D eigenvalue weighted by Crippen LogP contribution is -2.44. The Hall–Kier alpha value is -3.39. The lowest BCUT2D eigenvalue weighted by molar-refractivity contribution is -0.271. The zero-order valence-corrected chi connectivity index (χ0v) is 18.8. The van der Waals surface area contributed by atoms with Crippen LogP contribution in [0.15, 0.2) is 78.9 Å². The molecule has 4 rings (SSSR count). The van der Waals surface area contributed by atoms with Crippen molar-refractivity contribution in [2.75, 3.05) is 18.1 Å². The van der Waals surface area contributed by atoms with Crippen molar-refractivity contribution < 1.29 is 32.2 Å². The maximum atomic E-state index is 13.5. The van der Waals surface area contributed by atoms with Crippen LogP contribution < -0.4 is 9.64 Å². The molecule has 1 amide bonds. The molecule has 4 nitrogen and oxygen atoms in total. The van der Waals surface area contributed by atoms with Gasteiger partial charge in [0.05, 0.1) is 13.0 Å². The molecule has 35 heavy (non-hydrogen) atoms. The summed E-state index contributed by atoms with van der Waals surface area (Å²) < 4.78 is 60.0. The zero-order valence-electron chi connectivity index (χ0n) is 18.8. The van der Waals surface area contributed by atoms with Gasteiger partial charge in [-0.05, 0) is 47.7 Å². The Morgan fingerprint density at radius 2 is 1.66 bits per heavy atom. The Bertz CT molecular complexity index is 1150. The lowest BCUT2D eigenvalue weighted by atomic mass is 9.91. The van der Waals surface area contributed by atoms with Crippen molar-refractivity contribution in [1.29, 1.82) is 0 Å². The van der Waals surface area contributed by atoms with Crippen molar-refractivity contribution in [3.8, 4) is 5.75 Å². The number of ether oxygens (including phenoxy) is 1. The predicted molar refractivity (Wildman–Crippen MR) is 124 cm³/mol. The molecule has 1 heterocycles. The summed E-state index contributed by atoms with van der Waals surface area (Å²) in [7, 11) is 0. The summed E-state index contributed by atoms with van der Waals surface area (Å²) in [4.78, 5) is 14.9. The smallest absolute Gasteiger partial charge is 0.424 e. The highest BCUT2D eigenvalue weighted by Gasteiger charge is 2.55. The fraction of sp³-hybridized carbons (Fsp3) is 0.296. The fourth-order valence-electron chi connectivity index (χ4n) is 4.22. The Morgan fingerprint density at radius 3 is 2.29 bits per heavy atom. The van der Waals surface area contributed by atoms with Crippen LogP contribution in [0.3, 0.4) is 0 Å². The van der Waals surface area contributed by atoms with E-state index in [1.54, 1.807) is 12.1 Å². The summed E-state index contributed by atoms with van der Waals surface area (Å²) in [5.41, 5.74) is -2.57. The van der Waals surface area contributed by atoms with Crippen molar-refractivity contribution in [2.24, 2.45) is 0 Å². The summed E-state index contributed by atoms with van der Waals surface area (Å²) in [5, 5.41) is 10.1. The van der Waals surface area contributed by atoms with Gasteiger partial charge in [-0.3, -0.25) is 4.79 Å². The third-order valence-corrected chi connectivity index (χ3v) is 6.18. The first-order valence-electron chi connectivity index (χ1n) is 11.3. The van der Waals surface area contributed by atoms with Gasteiger partial charge in [-0.25, -0.2) is 4.39 Å². The number of carbonyl (C=O) groups is 1. The van der Waals surface area contributed by atoms with Crippen LogP contribution in [0.1, 0.15) is 23.1 Å². The molecule has 0 aromatic heterocycles. The maximum Gasteiger partial charge on any atom is 0.424 e. The van der Waals surface area contributed by atoms with Gasteiger partial charge in [0.15, 0.2) is 0 Å². The van der Waals surface area contributed by atoms with E-state index in [4.69, 9.17) is 4.74 Å². The van der Waals surface area contributed by atoms with Gasteiger partial charge in [0.25, 0.3) is 0 Å². The van der Waals surface area contributed by atoms with Gasteiger partial charge in [-0.15, -0.1) is 0 Å². The summed E-state index contributed by atoms with van der Waals surface area (Å²) >= 11 is 0. The van der Waals surface area contributed by atoms with E-state index in [1.807, 2.05) is 48.5 Å². The maximum absolute atomic E-state index is 13.5. The van der Waals surface area contributed by atoms with Crippen molar-refractivity contribution in [1.82, 2.24) is 0 Å². The number of hydrogen-bond acceptors (Lipinski definition) is 3. The number of carbonyl (C=O) groups excluding carboxylic acids is 1. The SMILES string of the molecule is O=C(Cc1ccccc1)N1C[C@H](Oc2ccccc2)CCc2cc(C(O)(CF)C(F)(F)F)ccc21. The molecule has 8 heteroatoms. The molecule has 3 aromatic rings. The van der Waals surface area contributed by atoms with Gasteiger partial charge in [-0.2, -0.15) is 13.2 Å². The minimum Gasteiger partial charge on any atom is -0.489 e. The Balaban J connectivity index is 1.69. The van der Waals surface area contributed by atoms with Crippen molar-refractivity contribution >= 4 is 11.6 Å². The number of fused-ring (bicyclic) bond motifs is 1.